The summed E-state index contributed by atoms with van der Waals surface area (Å²) in [7, 11) is 0. The summed E-state index contributed by atoms with van der Waals surface area (Å²) >= 11 is 3.18. The fraction of sp³-hybridized carbons (Fsp3) is 0.154. The van der Waals surface area contributed by atoms with Crippen LogP contribution in [-0.2, 0) is 12.3 Å². The van der Waals surface area contributed by atoms with E-state index in [9.17, 15) is 4.79 Å². The normalized spacial score (nSPS) is 11.9. The second kappa shape index (κ2) is 9.79. The number of thiazole rings is 1. The number of H-pyrrole nitrogens is 1. The van der Waals surface area contributed by atoms with Crippen LogP contribution in [0.1, 0.15) is 29.3 Å². The standard InChI is InChI=1S/C26H23N5OS2/c1-17-9-11-20(12-10-17)33-16-22-24(18(2)28-15-19-6-5-13-27-14-19)25(32)31(30-22)26-29-21-7-3-4-8-23(21)34-26/h3-14,30H,15-16H2,1-2H3. The highest BCUT2D eigenvalue weighted by Gasteiger charge is 2.20. The van der Waals surface area contributed by atoms with Gasteiger partial charge in [-0.25, -0.2) is 4.98 Å². The number of benzene rings is 2. The minimum absolute atomic E-state index is 0.133. The lowest BCUT2D eigenvalue weighted by atomic mass is 10.1. The molecule has 0 saturated heterocycles. The number of hydrogen-bond donors (Lipinski definition) is 1. The highest BCUT2D eigenvalue weighted by molar-refractivity contribution is 7.98. The number of rotatable bonds is 7. The third-order valence-corrected chi connectivity index (χ3v) is 7.49. The van der Waals surface area contributed by atoms with E-state index >= 15 is 0 Å². The van der Waals surface area contributed by atoms with Crippen LogP contribution in [0.25, 0.3) is 15.3 Å². The van der Waals surface area contributed by atoms with Crippen LogP contribution in [0, 0.1) is 6.92 Å². The highest BCUT2D eigenvalue weighted by atomic mass is 32.2. The van der Waals surface area contributed by atoms with E-state index in [-0.39, 0.29) is 5.56 Å². The number of fused-ring (bicyclic) bond motifs is 1. The van der Waals surface area contributed by atoms with Gasteiger partial charge in [0.1, 0.15) is 0 Å². The average molecular weight is 486 g/mol. The number of nitrogens with one attached hydrogen (secondary N) is 1. The summed E-state index contributed by atoms with van der Waals surface area (Å²) in [5.74, 6) is 0.616. The largest absolute Gasteiger partial charge is 0.291 e. The van der Waals surface area contributed by atoms with Crippen molar-refractivity contribution >= 4 is 39.0 Å². The smallest absolute Gasteiger partial charge is 0.282 e. The molecular formula is C26H23N5OS2. The van der Waals surface area contributed by atoms with E-state index in [1.165, 1.54) is 16.9 Å². The summed E-state index contributed by atoms with van der Waals surface area (Å²) in [6.07, 6.45) is 3.53. The van der Waals surface area contributed by atoms with Crippen LogP contribution in [-0.4, -0.2) is 25.5 Å². The monoisotopic (exact) mass is 485 g/mol. The molecule has 1 N–H and O–H groups in total. The highest BCUT2D eigenvalue weighted by Crippen LogP contribution is 2.26. The Bertz CT molecular complexity index is 1480. The molecule has 0 atom stereocenters. The van der Waals surface area contributed by atoms with Crippen LogP contribution in [0.15, 0.2) is 87.7 Å². The van der Waals surface area contributed by atoms with Crippen molar-refractivity contribution in [2.75, 3.05) is 0 Å². The van der Waals surface area contributed by atoms with E-state index in [0.29, 0.717) is 28.7 Å². The Morgan fingerprint density at radius 1 is 1.12 bits per heavy atom. The Labute approximate surface area is 205 Å². The number of thioether (sulfide) groups is 1. The fourth-order valence-corrected chi connectivity index (χ4v) is 5.39. The molecule has 170 valence electrons. The van der Waals surface area contributed by atoms with E-state index in [1.54, 1.807) is 28.8 Å². The van der Waals surface area contributed by atoms with Crippen molar-refractivity contribution in [2.24, 2.45) is 4.99 Å². The van der Waals surface area contributed by atoms with Crippen molar-refractivity contribution in [3.63, 3.8) is 0 Å². The molecule has 0 bridgehead atoms. The predicted molar refractivity (Wildman–Crippen MR) is 140 cm³/mol. The second-order valence-electron chi connectivity index (χ2n) is 7.93. The lowest BCUT2D eigenvalue weighted by Gasteiger charge is -2.04. The van der Waals surface area contributed by atoms with Gasteiger partial charge in [0.05, 0.1) is 28.0 Å². The van der Waals surface area contributed by atoms with Crippen molar-refractivity contribution in [1.29, 1.82) is 0 Å². The van der Waals surface area contributed by atoms with Crippen LogP contribution in [0.3, 0.4) is 0 Å². The number of aromatic amines is 1. The van der Waals surface area contributed by atoms with Crippen molar-refractivity contribution in [2.45, 2.75) is 31.0 Å². The van der Waals surface area contributed by atoms with Crippen molar-refractivity contribution in [3.05, 3.63) is 106 Å². The Kier molecular flexibility index (Phi) is 6.42. The Balaban J connectivity index is 1.52. The van der Waals surface area contributed by atoms with Crippen molar-refractivity contribution < 1.29 is 0 Å². The molecule has 0 unspecified atom stereocenters. The van der Waals surface area contributed by atoms with E-state index in [1.807, 2.05) is 43.3 Å². The molecule has 0 spiro atoms. The zero-order chi connectivity index (χ0) is 23.5. The number of aliphatic imine (C=N–C) groups is 1. The summed E-state index contributed by atoms with van der Waals surface area (Å²) in [6, 6.07) is 20.2. The van der Waals surface area contributed by atoms with Gasteiger partial charge in [0.15, 0.2) is 0 Å². The molecule has 0 radical (unpaired) electrons. The first-order valence-electron chi connectivity index (χ1n) is 10.9. The number of para-hydroxylation sites is 1. The molecule has 0 aliphatic rings. The van der Waals surface area contributed by atoms with Gasteiger partial charge >= 0.3 is 0 Å². The number of pyridine rings is 1. The van der Waals surface area contributed by atoms with Gasteiger partial charge in [0, 0.05) is 28.8 Å². The molecule has 0 saturated carbocycles. The summed E-state index contributed by atoms with van der Waals surface area (Å²) in [4.78, 5) is 28.3. The van der Waals surface area contributed by atoms with Crippen molar-refractivity contribution in [1.82, 2.24) is 19.7 Å². The van der Waals surface area contributed by atoms with E-state index < -0.39 is 0 Å². The van der Waals surface area contributed by atoms with Crippen LogP contribution in [0.2, 0.25) is 0 Å². The summed E-state index contributed by atoms with van der Waals surface area (Å²) < 4.78 is 2.59. The topological polar surface area (TPSA) is 75.9 Å². The molecule has 0 aliphatic carbocycles. The summed E-state index contributed by atoms with van der Waals surface area (Å²) in [6.45, 7) is 4.43. The maximum Gasteiger partial charge on any atom is 0.282 e. The molecule has 3 heterocycles. The number of nitrogens with zero attached hydrogens (tertiary/aromatic N) is 4. The average Bonchev–Trinajstić information content (AvgIpc) is 3.43. The molecule has 6 nitrogen and oxygen atoms in total. The number of aryl methyl sites for hydroxylation is 1. The van der Waals surface area contributed by atoms with Gasteiger partial charge in [-0.15, -0.1) is 11.8 Å². The van der Waals surface area contributed by atoms with Crippen molar-refractivity contribution in [3.8, 4) is 5.13 Å². The summed E-state index contributed by atoms with van der Waals surface area (Å²) in [5.41, 5.74) is 5.10. The lowest BCUT2D eigenvalue weighted by Crippen LogP contribution is -2.19. The minimum Gasteiger partial charge on any atom is -0.291 e. The fourth-order valence-electron chi connectivity index (χ4n) is 3.62. The molecule has 34 heavy (non-hydrogen) atoms. The van der Waals surface area contributed by atoms with Gasteiger partial charge in [-0.1, -0.05) is 47.2 Å². The van der Waals surface area contributed by atoms with E-state index in [2.05, 4.69) is 46.3 Å². The number of aromatic nitrogens is 4. The van der Waals surface area contributed by atoms with Gasteiger partial charge in [0.2, 0.25) is 5.13 Å². The summed E-state index contributed by atoms with van der Waals surface area (Å²) in [5, 5.41) is 3.95. The lowest BCUT2D eigenvalue weighted by molar-refractivity contribution is 0.827. The molecule has 0 amide bonds. The maximum absolute atomic E-state index is 13.6. The van der Waals surface area contributed by atoms with Gasteiger partial charge < -0.3 is 0 Å². The Hall–Kier alpha value is -3.49. The second-order valence-corrected chi connectivity index (χ2v) is 9.99. The molecule has 8 heteroatoms. The van der Waals surface area contributed by atoms with E-state index in [0.717, 1.165) is 26.4 Å². The molecule has 3 aromatic heterocycles. The third kappa shape index (κ3) is 4.73. The quantitative estimate of drug-likeness (QED) is 0.234. The van der Waals surface area contributed by atoms with Gasteiger partial charge in [0.25, 0.3) is 5.56 Å². The molecule has 2 aromatic carbocycles. The van der Waals surface area contributed by atoms with Crippen LogP contribution < -0.4 is 5.56 Å². The van der Waals surface area contributed by atoms with Gasteiger partial charge in [-0.3, -0.25) is 19.9 Å². The molecule has 0 fully saturated rings. The first-order valence-corrected chi connectivity index (χ1v) is 12.7. The molecule has 0 aliphatic heterocycles. The van der Waals surface area contributed by atoms with Crippen LogP contribution in [0.5, 0.6) is 0 Å². The SMILES string of the molecule is CC(=NCc1cccnc1)c1c(CSc2ccc(C)cc2)[nH]n(-c2nc3ccccc3s2)c1=O. The first kappa shape index (κ1) is 22.3. The van der Waals surface area contributed by atoms with Gasteiger partial charge in [-0.05, 0) is 49.7 Å². The molecular weight excluding hydrogens is 462 g/mol. The van der Waals surface area contributed by atoms with Crippen LogP contribution >= 0.6 is 23.1 Å². The molecule has 5 aromatic rings. The third-order valence-electron chi connectivity index (χ3n) is 5.43. The minimum atomic E-state index is -0.133. The predicted octanol–water partition coefficient (Wildman–Crippen LogP) is 5.78. The molecule has 5 rings (SSSR count). The van der Waals surface area contributed by atoms with Crippen LogP contribution in [0.4, 0.5) is 0 Å². The van der Waals surface area contributed by atoms with E-state index in [4.69, 9.17) is 4.99 Å². The zero-order valence-electron chi connectivity index (χ0n) is 18.9. The van der Waals surface area contributed by atoms with Gasteiger partial charge in [-0.2, -0.15) is 4.68 Å². The number of hydrogen-bond acceptors (Lipinski definition) is 6. The Morgan fingerprint density at radius 2 is 1.94 bits per heavy atom. The maximum atomic E-state index is 13.6. The zero-order valence-corrected chi connectivity index (χ0v) is 20.5. The Morgan fingerprint density at radius 3 is 2.71 bits per heavy atom. The first-order chi connectivity index (χ1) is 16.6.